The molecule has 0 saturated carbocycles. The second-order valence-electron chi connectivity index (χ2n) is 2.38. The molecule has 0 saturated heterocycles. The van der Waals surface area contributed by atoms with Gasteiger partial charge in [0.05, 0.1) is 13.3 Å². The van der Waals surface area contributed by atoms with Gasteiger partial charge in [-0.25, -0.2) is 4.68 Å². The number of halogens is 3. The van der Waals surface area contributed by atoms with E-state index in [0.717, 1.165) is 10.9 Å². The van der Waals surface area contributed by atoms with E-state index in [-0.39, 0.29) is 5.88 Å². The summed E-state index contributed by atoms with van der Waals surface area (Å²) < 4.78 is 42.5. The first kappa shape index (κ1) is 9.88. The van der Waals surface area contributed by atoms with Crippen LogP contribution in [0, 0.1) is 0 Å². The van der Waals surface area contributed by atoms with Crippen LogP contribution in [0.25, 0.3) is 0 Å². The third kappa shape index (κ3) is 1.76. The highest BCUT2D eigenvalue weighted by Gasteiger charge is 2.37. The molecule has 1 rings (SSSR count). The number of rotatable bonds is 2. The van der Waals surface area contributed by atoms with Gasteiger partial charge in [-0.05, 0) is 6.92 Å². The predicted octanol–water partition coefficient (Wildman–Crippen LogP) is 1.93. The molecule has 0 radical (unpaired) electrons. The molecule has 1 heterocycles. The molecule has 0 amide bonds. The predicted molar refractivity (Wildman–Crippen MR) is 39.5 cm³/mol. The SMILES string of the molecule is CCn1ncc(C(F)(F)F)c1OC. The average Bonchev–Trinajstić information content (AvgIpc) is 2.45. The maximum Gasteiger partial charge on any atom is 0.423 e. The van der Waals surface area contributed by atoms with Crippen molar-refractivity contribution in [2.24, 2.45) is 0 Å². The van der Waals surface area contributed by atoms with Crippen LogP contribution in [0.15, 0.2) is 6.20 Å². The van der Waals surface area contributed by atoms with Crippen LogP contribution >= 0.6 is 0 Å². The molecular formula is C7H9F3N2O. The number of methoxy groups -OCH3 is 1. The minimum Gasteiger partial charge on any atom is -0.481 e. The van der Waals surface area contributed by atoms with Gasteiger partial charge in [0.1, 0.15) is 5.56 Å². The first-order chi connectivity index (χ1) is 6.00. The molecule has 6 heteroatoms. The van der Waals surface area contributed by atoms with E-state index in [2.05, 4.69) is 9.84 Å². The van der Waals surface area contributed by atoms with Gasteiger partial charge in [-0.3, -0.25) is 0 Å². The Morgan fingerprint density at radius 1 is 1.54 bits per heavy atom. The minimum absolute atomic E-state index is 0.241. The quantitative estimate of drug-likeness (QED) is 0.719. The van der Waals surface area contributed by atoms with Crippen LogP contribution in [-0.4, -0.2) is 16.9 Å². The molecule has 74 valence electrons. The summed E-state index contributed by atoms with van der Waals surface area (Å²) in [6, 6.07) is 0. The largest absolute Gasteiger partial charge is 0.481 e. The van der Waals surface area contributed by atoms with Crippen LogP contribution in [0.4, 0.5) is 13.2 Å². The summed E-state index contributed by atoms with van der Waals surface area (Å²) in [6.45, 7) is 2.04. The number of aromatic nitrogens is 2. The molecule has 0 aliphatic heterocycles. The zero-order valence-corrected chi connectivity index (χ0v) is 7.22. The van der Waals surface area contributed by atoms with Gasteiger partial charge in [-0.1, -0.05) is 0 Å². The van der Waals surface area contributed by atoms with Crippen LogP contribution in [0.1, 0.15) is 12.5 Å². The van der Waals surface area contributed by atoms with Crippen LogP contribution < -0.4 is 4.74 Å². The Morgan fingerprint density at radius 2 is 2.15 bits per heavy atom. The molecule has 0 N–H and O–H groups in total. The molecule has 1 aromatic rings. The van der Waals surface area contributed by atoms with Crippen LogP contribution in [0.3, 0.4) is 0 Å². The zero-order chi connectivity index (χ0) is 10.1. The van der Waals surface area contributed by atoms with Crippen molar-refractivity contribution in [1.29, 1.82) is 0 Å². The van der Waals surface area contributed by atoms with Gasteiger partial charge < -0.3 is 4.74 Å². The Labute approximate surface area is 73.1 Å². The summed E-state index contributed by atoms with van der Waals surface area (Å²) in [6.07, 6.45) is -3.64. The first-order valence-electron chi connectivity index (χ1n) is 3.67. The number of aryl methyl sites for hydroxylation is 1. The molecular weight excluding hydrogens is 185 g/mol. The molecule has 0 aliphatic rings. The summed E-state index contributed by atoms with van der Waals surface area (Å²) >= 11 is 0. The fraction of sp³-hybridized carbons (Fsp3) is 0.571. The van der Waals surface area contributed by atoms with Gasteiger partial charge in [0, 0.05) is 6.54 Å². The van der Waals surface area contributed by atoms with Crippen molar-refractivity contribution in [1.82, 2.24) is 9.78 Å². The van der Waals surface area contributed by atoms with Crippen molar-refractivity contribution in [3.8, 4) is 5.88 Å². The van der Waals surface area contributed by atoms with Crippen LogP contribution in [-0.2, 0) is 12.7 Å². The van der Waals surface area contributed by atoms with E-state index >= 15 is 0 Å². The zero-order valence-electron chi connectivity index (χ0n) is 7.22. The smallest absolute Gasteiger partial charge is 0.423 e. The van der Waals surface area contributed by atoms with Crippen molar-refractivity contribution in [2.45, 2.75) is 19.6 Å². The Balaban J connectivity index is 3.16. The Morgan fingerprint density at radius 3 is 2.54 bits per heavy atom. The number of hydrogen-bond donors (Lipinski definition) is 0. The van der Waals surface area contributed by atoms with Gasteiger partial charge in [-0.2, -0.15) is 18.3 Å². The monoisotopic (exact) mass is 194 g/mol. The van der Waals surface area contributed by atoms with E-state index in [1.165, 1.54) is 7.11 Å². The van der Waals surface area contributed by atoms with E-state index < -0.39 is 11.7 Å². The summed E-state index contributed by atoms with van der Waals surface area (Å²) in [7, 11) is 1.19. The molecule has 0 unspecified atom stereocenters. The van der Waals surface area contributed by atoms with Gasteiger partial charge in [0.25, 0.3) is 0 Å². The van der Waals surface area contributed by atoms with Gasteiger partial charge in [0.15, 0.2) is 0 Å². The third-order valence-corrected chi connectivity index (χ3v) is 1.59. The van der Waals surface area contributed by atoms with Crippen molar-refractivity contribution >= 4 is 0 Å². The number of hydrogen-bond acceptors (Lipinski definition) is 2. The molecule has 0 bridgehead atoms. The van der Waals surface area contributed by atoms with E-state index in [9.17, 15) is 13.2 Å². The number of ether oxygens (including phenoxy) is 1. The summed E-state index contributed by atoms with van der Waals surface area (Å²) in [5.74, 6) is -0.241. The van der Waals surface area contributed by atoms with Crippen molar-refractivity contribution in [3.63, 3.8) is 0 Å². The second-order valence-corrected chi connectivity index (χ2v) is 2.38. The Hall–Kier alpha value is -1.20. The number of nitrogens with zero attached hydrogens (tertiary/aromatic N) is 2. The molecule has 0 fully saturated rings. The fourth-order valence-corrected chi connectivity index (χ4v) is 1.01. The highest BCUT2D eigenvalue weighted by atomic mass is 19.4. The van der Waals surface area contributed by atoms with E-state index in [0.29, 0.717) is 6.54 Å². The maximum atomic E-state index is 12.3. The van der Waals surface area contributed by atoms with Crippen LogP contribution in [0.2, 0.25) is 0 Å². The Bertz CT molecular complexity index is 292. The molecule has 0 atom stereocenters. The lowest BCUT2D eigenvalue weighted by Gasteiger charge is -2.07. The summed E-state index contributed by atoms with van der Waals surface area (Å²) in [5.41, 5.74) is -0.836. The standard InChI is InChI=1S/C7H9F3N2O/c1-3-12-6(13-2)5(4-11-12)7(8,9)10/h4H,3H2,1-2H3. The fourth-order valence-electron chi connectivity index (χ4n) is 1.01. The molecule has 0 aliphatic carbocycles. The molecule has 3 nitrogen and oxygen atoms in total. The lowest BCUT2D eigenvalue weighted by Crippen LogP contribution is -2.07. The van der Waals surface area contributed by atoms with E-state index in [1.54, 1.807) is 6.92 Å². The molecule has 0 spiro atoms. The van der Waals surface area contributed by atoms with Crippen molar-refractivity contribution in [3.05, 3.63) is 11.8 Å². The maximum absolute atomic E-state index is 12.3. The van der Waals surface area contributed by atoms with Gasteiger partial charge in [-0.15, -0.1) is 0 Å². The summed E-state index contributed by atoms with van der Waals surface area (Å²) in [5, 5.41) is 3.54. The molecule has 1 aromatic heterocycles. The van der Waals surface area contributed by atoms with Crippen LogP contribution in [0.5, 0.6) is 5.88 Å². The average molecular weight is 194 g/mol. The number of alkyl halides is 3. The lowest BCUT2D eigenvalue weighted by atomic mass is 10.3. The van der Waals surface area contributed by atoms with E-state index in [4.69, 9.17) is 0 Å². The third-order valence-electron chi connectivity index (χ3n) is 1.59. The lowest BCUT2D eigenvalue weighted by molar-refractivity contribution is -0.138. The van der Waals surface area contributed by atoms with Crippen molar-refractivity contribution < 1.29 is 17.9 Å². The Kier molecular flexibility index (Phi) is 2.49. The molecule has 0 aromatic carbocycles. The highest BCUT2D eigenvalue weighted by Crippen LogP contribution is 2.35. The highest BCUT2D eigenvalue weighted by molar-refractivity contribution is 5.27. The first-order valence-corrected chi connectivity index (χ1v) is 3.67. The van der Waals surface area contributed by atoms with Gasteiger partial charge >= 0.3 is 6.18 Å². The van der Waals surface area contributed by atoms with Crippen molar-refractivity contribution in [2.75, 3.05) is 7.11 Å². The van der Waals surface area contributed by atoms with Gasteiger partial charge in [0.2, 0.25) is 5.88 Å². The molecule has 13 heavy (non-hydrogen) atoms. The minimum atomic E-state index is -4.40. The topological polar surface area (TPSA) is 27.1 Å². The summed E-state index contributed by atoms with van der Waals surface area (Å²) in [4.78, 5) is 0. The van der Waals surface area contributed by atoms with E-state index in [1.807, 2.05) is 0 Å². The normalized spacial score (nSPS) is 11.8. The second kappa shape index (κ2) is 3.27.